The minimum atomic E-state index is -4.76. The molecule has 0 unspecified atom stereocenters. The second-order valence-electron chi connectivity index (χ2n) is 7.65. The second-order valence-corrected chi connectivity index (χ2v) is 9.03. The number of aromatic nitrogens is 1. The standard InChI is InChI=1S/C21H22F5N3O2S/c1-13-11-16(21(24,25)26)28-18(29-9-4-7-20(22,23)8-10-29)17(13)19(30)27-14-5-3-6-15(12-14)32(2)31/h3,5-6,11-12H,4,7-10H2,1-2H3,(H,27,30)/t32-/m0/s1. The number of rotatable bonds is 4. The summed E-state index contributed by atoms with van der Waals surface area (Å²) < 4.78 is 79.5. The minimum Gasteiger partial charge on any atom is -0.356 e. The van der Waals surface area contributed by atoms with Crippen molar-refractivity contribution in [3.05, 3.63) is 47.2 Å². The molecule has 1 fully saturated rings. The molecule has 2 heterocycles. The first-order chi connectivity index (χ1) is 14.9. The lowest BCUT2D eigenvalue weighted by atomic mass is 10.1. The Morgan fingerprint density at radius 1 is 1.19 bits per heavy atom. The SMILES string of the molecule is Cc1cc(C(F)(F)F)nc(N2CCCC(F)(F)CC2)c1C(=O)Nc1cccc([S@](C)=O)c1. The Bertz CT molecular complexity index is 1040. The van der Waals surface area contributed by atoms with Crippen molar-refractivity contribution in [3.63, 3.8) is 0 Å². The number of nitrogens with zero attached hydrogens (tertiary/aromatic N) is 2. The van der Waals surface area contributed by atoms with Gasteiger partial charge < -0.3 is 10.2 Å². The van der Waals surface area contributed by atoms with Gasteiger partial charge in [0.25, 0.3) is 5.91 Å². The number of carbonyl (C=O) groups excluding carboxylic acids is 1. The van der Waals surface area contributed by atoms with E-state index in [0.29, 0.717) is 10.6 Å². The van der Waals surface area contributed by atoms with Gasteiger partial charge in [-0.05, 0) is 43.2 Å². The van der Waals surface area contributed by atoms with Crippen LogP contribution in [0.2, 0.25) is 0 Å². The van der Waals surface area contributed by atoms with Gasteiger partial charge in [-0.3, -0.25) is 9.00 Å². The van der Waals surface area contributed by atoms with Gasteiger partial charge in [0.15, 0.2) is 0 Å². The van der Waals surface area contributed by atoms with Crippen LogP contribution < -0.4 is 10.2 Å². The number of hydrogen-bond acceptors (Lipinski definition) is 4. The fraction of sp³-hybridized carbons (Fsp3) is 0.429. The topological polar surface area (TPSA) is 62.3 Å². The van der Waals surface area contributed by atoms with Crippen molar-refractivity contribution >= 4 is 28.2 Å². The molecule has 1 aliphatic rings. The van der Waals surface area contributed by atoms with Gasteiger partial charge in [-0.15, -0.1) is 0 Å². The molecule has 11 heteroatoms. The maximum absolute atomic E-state index is 13.8. The zero-order valence-electron chi connectivity index (χ0n) is 17.4. The maximum Gasteiger partial charge on any atom is 0.433 e. The first kappa shape index (κ1) is 24.1. The zero-order valence-corrected chi connectivity index (χ0v) is 18.2. The highest BCUT2D eigenvalue weighted by Crippen LogP contribution is 2.35. The van der Waals surface area contributed by atoms with Gasteiger partial charge in [-0.1, -0.05) is 6.07 Å². The zero-order chi connectivity index (χ0) is 23.7. The number of alkyl halides is 5. The van der Waals surface area contributed by atoms with Crippen molar-refractivity contribution < 1.29 is 31.0 Å². The van der Waals surface area contributed by atoms with E-state index in [0.717, 1.165) is 6.07 Å². The average molecular weight is 475 g/mol. The van der Waals surface area contributed by atoms with Gasteiger partial charge >= 0.3 is 6.18 Å². The number of carbonyl (C=O) groups is 1. The molecule has 1 aliphatic heterocycles. The highest BCUT2D eigenvalue weighted by atomic mass is 32.2. The molecule has 5 nitrogen and oxygen atoms in total. The predicted octanol–water partition coefficient (Wildman–Crippen LogP) is 5.02. The smallest absolute Gasteiger partial charge is 0.356 e. The lowest BCUT2D eigenvalue weighted by Crippen LogP contribution is -2.31. The number of pyridine rings is 1. The molecule has 174 valence electrons. The molecule has 0 spiro atoms. The van der Waals surface area contributed by atoms with Crippen LogP contribution in [0.4, 0.5) is 33.5 Å². The highest BCUT2D eigenvalue weighted by molar-refractivity contribution is 7.84. The highest BCUT2D eigenvalue weighted by Gasteiger charge is 2.37. The summed E-state index contributed by atoms with van der Waals surface area (Å²) in [5.41, 5.74) is -0.992. The average Bonchev–Trinajstić information content (AvgIpc) is 2.87. The molecule has 0 radical (unpaired) electrons. The number of halogens is 5. The number of aryl methyl sites for hydroxylation is 1. The van der Waals surface area contributed by atoms with Crippen molar-refractivity contribution in [1.82, 2.24) is 4.98 Å². The Morgan fingerprint density at radius 2 is 1.91 bits per heavy atom. The van der Waals surface area contributed by atoms with Crippen LogP contribution in [0.1, 0.15) is 40.9 Å². The molecule has 3 rings (SSSR count). The third-order valence-corrected chi connectivity index (χ3v) is 6.07. The Labute approximate surface area is 184 Å². The third kappa shape index (κ3) is 5.62. The Morgan fingerprint density at radius 3 is 2.56 bits per heavy atom. The van der Waals surface area contributed by atoms with E-state index in [1.54, 1.807) is 18.2 Å². The number of amides is 1. The van der Waals surface area contributed by atoms with Crippen LogP contribution in [0.25, 0.3) is 0 Å². The van der Waals surface area contributed by atoms with E-state index in [4.69, 9.17) is 0 Å². The van der Waals surface area contributed by atoms with Crippen molar-refractivity contribution in [2.75, 3.05) is 29.6 Å². The van der Waals surface area contributed by atoms with Gasteiger partial charge in [0.2, 0.25) is 5.92 Å². The largest absolute Gasteiger partial charge is 0.433 e. The van der Waals surface area contributed by atoms with Gasteiger partial charge in [-0.25, -0.2) is 13.8 Å². The van der Waals surface area contributed by atoms with E-state index < -0.39 is 40.9 Å². The monoisotopic (exact) mass is 475 g/mol. The lowest BCUT2D eigenvalue weighted by molar-refractivity contribution is -0.141. The molecule has 1 amide bonds. The quantitative estimate of drug-likeness (QED) is 0.631. The van der Waals surface area contributed by atoms with E-state index in [1.807, 2.05) is 0 Å². The Balaban J connectivity index is 2.03. The van der Waals surface area contributed by atoms with Crippen molar-refractivity contribution in [2.45, 2.75) is 43.2 Å². The van der Waals surface area contributed by atoms with Crippen LogP contribution in [0, 0.1) is 6.92 Å². The molecule has 2 aromatic rings. The molecule has 1 saturated heterocycles. The molecule has 0 bridgehead atoms. The predicted molar refractivity (Wildman–Crippen MR) is 112 cm³/mol. The second kappa shape index (κ2) is 9.13. The van der Waals surface area contributed by atoms with Crippen molar-refractivity contribution in [1.29, 1.82) is 0 Å². The third-order valence-electron chi connectivity index (χ3n) is 5.16. The maximum atomic E-state index is 13.8. The van der Waals surface area contributed by atoms with Gasteiger partial charge in [0.1, 0.15) is 11.5 Å². The Kier molecular flexibility index (Phi) is 6.87. The molecule has 1 atom stereocenters. The van der Waals surface area contributed by atoms with Crippen LogP contribution in [0.5, 0.6) is 0 Å². The number of nitrogens with one attached hydrogen (secondary N) is 1. The number of anilines is 2. The fourth-order valence-corrected chi connectivity index (χ4v) is 4.10. The van der Waals surface area contributed by atoms with E-state index in [9.17, 15) is 31.0 Å². The first-order valence-corrected chi connectivity index (χ1v) is 11.4. The van der Waals surface area contributed by atoms with Crippen molar-refractivity contribution in [3.8, 4) is 0 Å². The molecule has 0 aliphatic carbocycles. The van der Waals surface area contributed by atoms with Gasteiger partial charge in [0.05, 0.1) is 5.56 Å². The summed E-state index contributed by atoms with van der Waals surface area (Å²) in [5, 5.41) is 2.59. The summed E-state index contributed by atoms with van der Waals surface area (Å²) >= 11 is 0. The summed E-state index contributed by atoms with van der Waals surface area (Å²) in [6, 6.07) is 7.00. The minimum absolute atomic E-state index is 0.0195. The summed E-state index contributed by atoms with van der Waals surface area (Å²) in [6.45, 7) is 1.17. The number of benzene rings is 1. The molecule has 32 heavy (non-hydrogen) atoms. The Hall–Kier alpha value is -2.56. The van der Waals surface area contributed by atoms with Crippen molar-refractivity contribution in [2.24, 2.45) is 0 Å². The molecule has 1 aromatic heterocycles. The summed E-state index contributed by atoms with van der Waals surface area (Å²) in [4.78, 5) is 18.5. The van der Waals surface area contributed by atoms with Crippen LogP contribution in [-0.2, 0) is 17.0 Å². The summed E-state index contributed by atoms with van der Waals surface area (Å²) in [5.74, 6) is -3.93. The van der Waals surface area contributed by atoms with E-state index in [-0.39, 0.29) is 42.9 Å². The summed E-state index contributed by atoms with van der Waals surface area (Å²) in [6.07, 6.45) is -4.17. The lowest BCUT2D eigenvalue weighted by Gasteiger charge is -2.26. The van der Waals surface area contributed by atoms with Crippen LogP contribution in [0.15, 0.2) is 35.2 Å². The number of hydrogen-bond donors (Lipinski definition) is 1. The first-order valence-electron chi connectivity index (χ1n) is 9.84. The van der Waals surface area contributed by atoms with Crippen LogP contribution in [0.3, 0.4) is 0 Å². The fourth-order valence-electron chi connectivity index (χ4n) is 3.53. The normalized spacial score (nSPS) is 17.5. The van der Waals surface area contributed by atoms with E-state index in [2.05, 4.69) is 10.3 Å². The van der Waals surface area contributed by atoms with E-state index in [1.165, 1.54) is 24.1 Å². The van der Waals surface area contributed by atoms with Gasteiger partial charge in [0, 0.05) is 53.6 Å². The molecular weight excluding hydrogens is 453 g/mol. The van der Waals surface area contributed by atoms with Gasteiger partial charge in [-0.2, -0.15) is 13.2 Å². The molecular formula is C21H22F5N3O2S. The van der Waals surface area contributed by atoms with Crippen LogP contribution >= 0.6 is 0 Å². The van der Waals surface area contributed by atoms with E-state index >= 15 is 0 Å². The molecule has 1 aromatic carbocycles. The summed E-state index contributed by atoms with van der Waals surface area (Å²) in [7, 11) is -1.30. The van der Waals surface area contributed by atoms with Crippen LogP contribution in [-0.4, -0.2) is 40.4 Å². The molecule has 0 saturated carbocycles. The molecule has 1 N–H and O–H groups in total.